The molecule has 9 nitrogen and oxygen atoms in total. The largest absolute Gasteiger partial charge is 0.496 e. The van der Waals surface area contributed by atoms with Gasteiger partial charge in [-0.25, -0.2) is 4.79 Å². The van der Waals surface area contributed by atoms with Crippen molar-refractivity contribution in [3.05, 3.63) is 65.7 Å². The van der Waals surface area contributed by atoms with Gasteiger partial charge in [-0.15, -0.1) is 0 Å². The summed E-state index contributed by atoms with van der Waals surface area (Å²) in [6, 6.07) is 14.7. The maximum atomic E-state index is 13.0. The summed E-state index contributed by atoms with van der Waals surface area (Å²) in [7, 11) is 1.57. The standard InChI is InChI=1S/C28H37N3O6/c1-5-22(25(32)27(34)29-16-15-21-13-9-10-14-24(21)36-4)30-26(33)23(17-19(2)3)31-28(35)37-18-20-11-7-6-8-12-20/h6-14,19,22-23H,5,15-18H2,1-4H3,(H,29,34)(H,30,33)(H,31,35)/t22-,23-/m0/s1. The zero-order chi connectivity index (χ0) is 27.2. The number of hydrogen-bond donors (Lipinski definition) is 3. The van der Waals surface area contributed by atoms with E-state index in [0.717, 1.165) is 11.1 Å². The monoisotopic (exact) mass is 511 g/mol. The number of ketones is 1. The number of carbonyl (C=O) groups is 4. The maximum Gasteiger partial charge on any atom is 0.408 e. The van der Waals surface area contributed by atoms with Crippen molar-refractivity contribution in [1.29, 1.82) is 0 Å². The van der Waals surface area contributed by atoms with Crippen molar-refractivity contribution in [1.82, 2.24) is 16.0 Å². The zero-order valence-corrected chi connectivity index (χ0v) is 21.9. The Bertz CT molecular complexity index is 1040. The molecule has 2 aromatic rings. The number of rotatable bonds is 14. The van der Waals surface area contributed by atoms with Crippen molar-refractivity contribution in [3.63, 3.8) is 0 Å². The number of methoxy groups -OCH3 is 1. The van der Waals surface area contributed by atoms with Crippen LogP contribution >= 0.6 is 0 Å². The van der Waals surface area contributed by atoms with Crippen molar-refractivity contribution < 1.29 is 28.7 Å². The van der Waals surface area contributed by atoms with E-state index in [0.29, 0.717) is 18.6 Å². The molecule has 0 fully saturated rings. The van der Waals surface area contributed by atoms with Gasteiger partial charge in [-0.2, -0.15) is 0 Å². The molecule has 0 saturated heterocycles. The third-order valence-corrected chi connectivity index (χ3v) is 5.67. The summed E-state index contributed by atoms with van der Waals surface area (Å²) < 4.78 is 10.5. The van der Waals surface area contributed by atoms with Gasteiger partial charge in [-0.05, 0) is 42.4 Å². The van der Waals surface area contributed by atoms with Crippen LogP contribution < -0.4 is 20.7 Å². The molecule has 2 rings (SSSR count). The van der Waals surface area contributed by atoms with Crippen LogP contribution in [-0.2, 0) is 32.1 Å². The minimum absolute atomic E-state index is 0.0633. The number of nitrogens with one attached hydrogen (secondary N) is 3. The molecule has 0 aliphatic rings. The molecular formula is C28H37N3O6. The highest BCUT2D eigenvalue weighted by atomic mass is 16.5. The number of Topliss-reactive ketones (excluding diaryl/α,β-unsaturated/α-hetero) is 1. The smallest absolute Gasteiger partial charge is 0.408 e. The lowest BCUT2D eigenvalue weighted by Gasteiger charge is -2.23. The normalized spacial score (nSPS) is 12.2. The van der Waals surface area contributed by atoms with E-state index in [1.807, 2.05) is 68.4 Å². The van der Waals surface area contributed by atoms with E-state index in [-0.39, 0.29) is 25.5 Å². The molecule has 0 spiro atoms. The molecule has 2 aromatic carbocycles. The fourth-order valence-electron chi connectivity index (χ4n) is 3.70. The number of alkyl carbamates (subject to hydrolysis) is 1. The second-order valence-corrected chi connectivity index (χ2v) is 9.04. The van der Waals surface area contributed by atoms with Gasteiger partial charge >= 0.3 is 6.09 Å². The van der Waals surface area contributed by atoms with Gasteiger partial charge in [0.2, 0.25) is 11.7 Å². The third-order valence-electron chi connectivity index (χ3n) is 5.67. The first-order valence-electron chi connectivity index (χ1n) is 12.5. The highest BCUT2D eigenvalue weighted by Gasteiger charge is 2.29. The van der Waals surface area contributed by atoms with E-state index in [9.17, 15) is 19.2 Å². The molecule has 0 radical (unpaired) electrons. The Morgan fingerprint density at radius 3 is 2.22 bits per heavy atom. The molecule has 0 aliphatic carbocycles. The molecule has 0 bridgehead atoms. The zero-order valence-electron chi connectivity index (χ0n) is 21.9. The van der Waals surface area contributed by atoms with Crippen molar-refractivity contribution in [2.24, 2.45) is 5.92 Å². The number of benzene rings is 2. The Hall–Kier alpha value is -3.88. The number of carbonyl (C=O) groups excluding carboxylic acids is 4. The van der Waals surface area contributed by atoms with E-state index in [1.54, 1.807) is 14.0 Å². The molecule has 0 aliphatic heterocycles. The van der Waals surface area contributed by atoms with Crippen LogP contribution in [0.2, 0.25) is 0 Å². The summed E-state index contributed by atoms with van der Waals surface area (Å²) in [5.41, 5.74) is 1.72. The van der Waals surface area contributed by atoms with Crippen LogP contribution in [0.25, 0.3) is 0 Å². The lowest BCUT2D eigenvalue weighted by Crippen LogP contribution is -2.54. The third kappa shape index (κ3) is 9.95. The van der Waals surface area contributed by atoms with Gasteiger partial charge in [0.1, 0.15) is 18.4 Å². The fraction of sp³-hybridized carbons (Fsp3) is 0.429. The lowest BCUT2D eigenvalue weighted by atomic mass is 10.0. The number of ether oxygens (including phenoxy) is 2. The van der Waals surface area contributed by atoms with Crippen LogP contribution in [0.4, 0.5) is 4.79 Å². The molecule has 200 valence electrons. The molecule has 0 aromatic heterocycles. The summed E-state index contributed by atoms with van der Waals surface area (Å²) in [6.07, 6.45) is 0.301. The average molecular weight is 512 g/mol. The molecular weight excluding hydrogens is 474 g/mol. The van der Waals surface area contributed by atoms with Crippen LogP contribution in [0.3, 0.4) is 0 Å². The van der Waals surface area contributed by atoms with Crippen molar-refractivity contribution in [3.8, 4) is 5.75 Å². The molecule has 2 atom stereocenters. The first-order chi connectivity index (χ1) is 17.7. The highest BCUT2D eigenvalue weighted by molar-refractivity contribution is 6.38. The second kappa shape index (κ2) is 15.3. The predicted molar refractivity (Wildman–Crippen MR) is 140 cm³/mol. The SMILES string of the molecule is CC[C@H](NC(=O)[C@H](CC(C)C)NC(=O)OCc1ccccc1)C(=O)C(=O)NCCc1ccccc1OC. The van der Waals surface area contributed by atoms with Gasteiger partial charge < -0.3 is 25.4 Å². The lowest BCUT2D eigenvalue weighted by molar-refractivity contribution is -0.140. The summed E-state index contributed by atoms with van der Waals surface area (Å²) in [4.78, 5) is 50.5. The van der Waals surface area contributed by atoms with Gasteiger partial charge in [0.25, 0.3) is 5.91 Å². The van der Waals surface area contributed by atoms with Gasteiger partial charge in [0.05, 0.1) is 13.2 Å². The van der Waals surface area contributed by atoms with Gasteiger partial charge in [0, 0.05) is 6.54 Å². The van der Waals surface area contributed by atoms with Crippen LogP contribution in [0.15, 0.2) is 54.6 Å². The maximum absolute atomic E-state index is 13.0. The van der Waals surface area contributed by atoms with Crippen LogP contribution in [0.5, 0.6) is 5.75 Å². The van der Waals surface area contributed by atoms with Gasteiger partial charge in [-0.1, -0.05) is 69.3 Å². The molecule has 9 heteroatoms. The predicted octanol–water partition coefficient (Wildman–Crippen LogP) is 3.16. The fourth-order valence-corrected chi connectivity index (χ4v) is 3.70. The van der Waals surface area contributed by atoms with E-state index in [4.69, 9.17) is 9.47 Å². The Balaban J connectivity index is 1.91. The molecule has 0 unspecified atom stereocenters. The van der Waals surface area contributed by atoms with Crippen LogP contribution in [-0.4, -0.2) is 49.4 Å². The molecule has 37 heavy (non-hydrogen) atoms. The quantitative estimate of drug-likeness (QED) is 0.335. The van der Waals surface area contributed by atoms with E-state index in [1.165, 1.54) is 0 Å². The Kier molecular flexibility index (Phi) is 12.1. The first kappa shape index (κ1) is 29.4. The summed E-state index contributed by atoms with van der Waals surface area (Å²) in [5, 5.41) is 7.81. The Morgan fingerprint density at radius 2 is 1.57 bits per heavy atom. The van der Waals surface area contributed by atoms with Crippen molar-refractivity contribution >= 4 is 23.7 Å². The Labute approximate surface area is 218 Å². The van der Waals surface area contributed by atoms with Crippen molar-refractivity contribution in [2.45, 2.75) is 58.7 Å². The van der Waals surface area contributed by atoms with Gasteiger partial charge in [-0.3, -0.25) is 14.4 Å². The Morgan fingerprint density at radius 1 is 0.892 bits per heavy atom. The summed E-state index contributed by atoms with van der Waals surface area (Å²) >= 11 is 0. The van der Waals surface area contributed by atoms with E-state index < -0.39 is 35.8 Å². The molecule has 3 N–H and O–H groups in total. The highest BCUT2D eigenvalue weighted by Crippen LogP contribution is 2.17. The topological polar surface area (TPSA) is 123 Å². The molecule has 0 heterocycles. The average Bonchev–Trinajstić information content (AvgIpc) is 2.90. The molecule has 3 amide bonds. The van der Waals surface area contributed by atoms with E-state index >= 15 is 0 Å². The second-order valence-electron chi connectivity index (χ2n) is 9.04. The summed E-state index contributed by atoms with van der Waals surface area (Å²) in [5.74, 6) is -1.29. The molecule has 0 saturated carbocycles. The summed E-state index contributed by atoms with van der Waals surface area (Å²) in [6.45, 7) is 5.82. The number of para-hydroxylation sites is 1. The van der Waals surface area contributed by atoms with Crippen LogP contribution in [0, 0.1) is 5.92 Å². The van der Waals surface area contributed by atoms with Crippen LogP contribution in [0.1, 0.15) is 44.7 Å². The minimum Gasteiger partial charge on any atom is -0.496 e. The number of hydrogen-bond acceptors (Lipinski definition) is 6. The van der Waals surface area contributed by atoms with Gasteiger partial charge in [0.15, 0.2) is 0 Å². The van der Waals surface area contributed by atoms with E-state index in [2.05, 4.69) is 16.0 Å². The van der Waals surface area contributed by atoms with Crippen molar-refractivity contribution in [2.75, 3.05) is 13.7 Å². The number of amides is 3. The minimum atomic E-state index is -1.02. The first-order valence-corrected chi connectivity index (χ1v) is 12.5.